The van der Waals surface area contributed by atoms with Crippen LogP contribution in [0.4, 0.5) is 13.2 Å². The van der Waals surface area contributed by atoms with Crippen molar-refractivity contribution < 1.29 is 22.7 Å². The van der Waals surface area contributed by atoms with Crippen molar-refractivity contribution >= 4 is 12.4 Å². The molecule has 0 bridgehead atoms. The van der Waals surface area contributed by atoms with E-state index in [0.717, 1.165) is 0 Å². The van der Waals surface area contributed by atoms with Crippen LogP contribution in [0, 0.1) is 0 Å². The Kier molecular flexibility index (Phi) is 3.71. The summed E-state index contributed by atoms with van der Waals surface area (Å²) in [5.41, 5.74) is 1.13. The molecule has 0 aliphatic heterocycles. The fraction of sp³-hybridized carbons (Fsp3) is 0.182. The Morgan fingerprint density at radius 3 is 2.25 bits per heavy atom. The van der Waals surface area contributed by atoms with Crippen molar-refractivity contribution in [3.63, 3.8) is 0 Å². The van der Waals surface area contributed by atoms with Crippen LogP contribution in [0.25, 0.3) is 6.08 Å². The number of carbonyl (C=O) groups is 1. The zero-order valence-corrected chi connectivity index (χ0v) is 8.41. The molecule has 0 fully saturated rings. The Bertz CT molecular complexity index is 391. The van der Waals surface area contributed by atoms with E-state index in [2.05, 4.69) is 4.74 Å². The number of carbonyl (C=O) groups excluding carboxylic acids is 1. The summed E-state index contributed by atoms with van der Waals surface area (Å²) in [6, 6.07) is 5.26. The van der Waals surface area contributed by atoms with Gasteiger partial charge in [0.2, 0.25) is 0 Å². The second-order valence-electron chi connectivity index (χ2n) is 3.12. The number of allylic oxidation sites excluding steroid dienone is 1. The molecule has 0 radical (unpaired) electrons. The van der Waals surface area contributed by atoms with Gasteiger partial charge in [-0.15, -0.1) is 13.2 Å². The summed E-state index contributed by atoms with van der Waals surface area (Å²) in [7, 11) is 0. The summed E-state index contributed by atoms with van der Waals surface area (Å²) in [5, 5.41) is 0. The Morgan fingerprint density at radius 2 is 1.81 bits per heavy atom. The van der Waals surface area contributed by atoms with E-state index in [9.17, 15) is 18.0 Å². The van der Waals surface area contributed by atoms with Gasteiger partial charge in [-0.3, -0.25) is 4.79 Å². The third-order valence-electron chi connectivity index (χ3n) is 1.69. The molecular weight excluding hydrogens is 221 g/mol. The van der Waals surface area contributed by atoms with Crippen molar-refractivity contribution in [3.05, 3.63) is 35.4 Å². The third kappa shape index (κ3) is 4.16. The predicted molar refractivity (Wildman–Crippen MR) is 52.8 cm³/mol. The lowest BCUT2D eigenvalue weighted by Gasteiger charge is -2.08. The van der Waals surface area contributed by atoms with Gasteiger partial charge in [0.05, 0.1) is 0 Å². The van der Waals surface area contributed by atoms with Gasteiger partial charge >= 0.3 is 6.36 Å². The van der Waals surface area contributed by atoms with Crippen molar-refractivity contribution in [1.82, 2.24) is 0 Å². The second-order valence-corrected chi connectivity index (χ2v) is 3.12. The first kappa shape index (κ1) is 12.3. The number of halogens is 3. The lowest BCUT2D eigenvalue weighted by molar-refractivity contribution is -0.274. The Labute approximate surface area is 90.3 Å². The monoisotopic (exact) mass is 230 g/mol. The quantitative estimate of drug-likeness (QED) is 0.588. The highest BCUT2D eigenvalue weighted by molar-refractivity contribution is 5.80. The van der Waals surface area contributed by atoms with E-state index < -0.39 is 6.36 Å². The molecular formula is C11H9F3O2. The van der Waals surface area contributed by atoms with Crippen LogP contribution in [0.3, 0.4) is 0 Å². The van der Waals surface area contributed by atoms with Gasteiger partial charge < -0.3 is 4.74 Å². The molecule has 2 nitrogen and oxygen atoms in total. The first-order chi connectivity index (χ1) is 7.40. The van der Waals surface area contributed by atoms with Crippen molar-refractivity contribution in [2.24, 2.45) is 0 Å². The van der Waals surface area contributed by atoms with Crippen LogP contribution in [0.15, 0.2) is 29.8 Å². The highest BCUT2D eigenvalue weighted by Crippen LogP contribution is 2.23. The predicted octanol–water partition coefficient (Wildman–Crippen LogP) is 3.19. The smallest absolute Gasteiger partial charge is 0.406 e. The van der Waals surface area contributed by atoms with Crippen molar-refractivity contribution in [2.45, 2.75) is 13.3 Å². The number of rotatable bonds is 3. The van der Waals surface area contributed by atoms with Gasteiger partial charge in [-0.2, -0.15) is 0 Å². The Balaban J connectivity index is 2.80. The van der Waals surface area contributed by atoms with Crippen LogP contribution < -0.4 is 4.74 Å². The van der Waals surface area contributed by atoms with Gasteiger partial charge in [-0.25, -0.2) is 0 Å². The molecule has 86 valence electrons. The van der Waals surface area contributed by atoms with Crippen LogP contribution >= 0.6 is 0 Å². The molecule has 0 saturated carbocycles. The molecule has 0 aromatic heterocycles. The summed E-state index contributed by atoms with van der Waals surface area (Å²) in [6.45, 7) is 1.60. The second kappa shape index (κ2) is 4.83. The Morgan fingerprint density at radius 1 is 1.25 bits per heavy atom. The van der Waals surface area contributed by atoms with Gasteiger partial charge in [0.1, 0.15) is 12.0 Å². The topological polar surface area (TPSA) is 26.3 Å². The average Bonchev–Trinajstić information content (AvgIpc) is 2.18. The molecule has 0 aliphatic carbocycles. The fourth-order valence-corrected chi connectivity index (χ4v) is 1.06. The summed E-state index contributed by atoms with van der Waals surface area (Å²) >= 11 is 0. The molecule has 0 spiro atoms. The number of ether oxygens (including phenoxy) is 1. The molecule has 0 aliphatic rings. The van der Waals surface area contributed by atoms with Gasteiger partial charge in [0.15, 0.2) is 0 Å². The van der Waals surface area contributed by atoms with E-state index in [0.29, 0.717) is 17.4 Å². The standard InChI is InChI=1S/C11H9F3O2/c1-8(7-15)6-9-2-4-10(5-3-9)16-11(12,13)14/h2-7H,1H3. The largest absolute Gasteiger partial charge is 0.573 e. The van der Waals surface area contributed by atoms with Gasteiger partial charge in [0.25, 0.3) is 0 Å². The molecule has 5 heteroatoms. The molecule has 1 aromatic carbocycles. The van der Waals surface area contributed by atoms with Crippen LogP contribution in [-0.4, -0.2) is 12.6 Å². The van der Waals surface area contributed by atoms with E-state index in [1.807, 2.05) is 0 Å². The van der Waals surface area contributed by atoms with E-state index in [1.165, 1.54) is 24.3 Å². The molecule has 0 unspecified atom stereocenters. The molecule has 0 heterocycles. The number of aldehydes is 1. The number of hydrogen-bond donors (Lipinski definition) is 0. The van der Waals surface area contributed by atoms with Gasteiger partial charge in [-0.05, 0) is 36.3 Å². The SMILES string of the molecule is CC(C=O)=Cc1ccc(OC(F)(F)F)cc1. The van der Waals surface area contributed by atoms with Crippen molar-refractivity contribution in [2.75, 3.05) is 0 Å². The van der Waals surface area contributed by atoms with Crippen LogP contribution in [-0.2, 0) is 4.79 Å². The fourth-order valence-electron chi connectivity index (χ4n) is 1.06. The molecule has 1 aromatic rings. The Hall–Kier alpha value is -1.78. The first-order valence-electron chi connectivity index (χ1n) is 4.40. The minimum Gasteiger partial charge on any atom is -0.406 e. The molecule has 0 atom stereocenters. The molecule has 0 N–H and O–H groups in total. The van der Waals surface area contributed by atoms with E-state index >= 15 is 0 Å². The molecule has 16 heavy (non-hydrogen) atoms. The molecule has 0 amide bonds. The zero-order chi connectivity index (χ0) is 12.2. The minimum atomic E-state index is -4.68. The number of benzene rings is 1. The third-order valence-corrected chi connectivity index (χ3v) is 1.69. The van der Waals surface area contributed by atoms with E-state index in [1.54, 1.807) is 13.0 Å². The molecule has 0 saturated heterocycles. The summed E-state index contributed by atoms with van der Waals surface area (Å²) in [6.07, 6.45) is -2.46. The number of hydrogen-bond acceptors (Lipinski definition) is 2. The van der Waals surface area contributed by atoms with E-state index in [4.69, 9.17) is 0 Å². The van der Waals surface area contributed by atoms with E-state index in [-0.39, 0.29) is 5.75 Å². The lowest BCUT2D eigenvalue weighted by atomic mass is 10.1. The maximum absolute atomic E-state index is 11.8. The van der Waals surface area contributed by atoms with Gasteiger partial charge in [0, 0.05) is 0 Å². The van der Waals surface area contributed by atoms with Crippen molar-refractivity contribution in [1.29, 1.82) is 0 Å². The van der Waals surface area contributed by atoms with Gasteiger partial charge in [-0.1, -0.05) is 12.1 Å². The lowest BCUT2D eigenvalue weighted by Crippen LogP contribution is -2.16. The van der Waals surface area contributed by atoms with Crippen molar-refractivity contribution in [3.8, 4) is 5.75 Å². The maximum atomic E-state index is 11.8. The summed E-state index contributed by atoms with van der Waals surface area (Å²) in [4.78, 5) is 10.3. The number of alkyl halides is 3. The maximum Gasteiger partial charge on any atom is 0.573 e. The van der Waals surface area contributed by atoms with Crippen LogP contribution in [0.2, 0.25) is 0 Å². The highest BCUT2D eigenvalue weighted by atomic mass is 19.4. The van der Waals surface area contributed by atoms with Crippen LogP contribution in [0.5, 0.6) is 5.75 Å². The molecule has 1 rings (SSSR count). The first-order valence-corrected chi connectivity index (χ1v) is 4.40. The minimum absolute atomic E-state index is 0.284. The summed E-state index contributed by atoms with van der Waals surface area (Å²) in [5.74, 6) is -0.284. The average molecular weight is 230 g/mol. The normalized spacial score (nSPS) is 12.4. The highest BCUT2D eigenvalue weighted by Gasteiger charge is 2.30. The van der Waals surface area contributed by atoms with Crippen LogP contribution in [0.1, 0.15) is 12.5 Å². The zero-order valence-electron chi connectivity index (χ0n) is 8.41. The summed E-state index contributed by atoms with van der Waals surface area (Å²) < 4.78 is 39.2.